The number of nitrogens with one attached hydrogen (secondary N) is 1. The predicted octanol–water partition coefficient (Wildman–Crippen LogP) is 4.13. The van der Waals surface area contributed by atoms with Gasteiger partial charge in [0.25, 0.3) is 0 Å². The average molecular weight is 405 g/mol. The van der Waals surface area contributed by atoms with Crippen LogP contribution in [0, 0.1) is 12.8 Å². The molecule has 1 amide bonds. The molecule has 0 aliphatic carbocycles. The number of rotatable bonds is 6. The van der Waals surface area contributed by atoms with E-state index >= 15 is 0 Å². The van der Waals surface area contributed by atoms with E-state index < -0.39 is 0 Å². The van der Waals surface area contributed by atoms with E-state index in [0.717, 1.165) is 42.6 Å². The van der Waals surface area contributed by atoms with Crippen molar-refractivity contribution in [2.75, 3.05) is 13.1 Å². The second-order valence-corrected chi connectivity index (χ2v) is 8.00. The Hall–Kier alpha value is -2.99. The Bertz CT molecular complexity index is 978. The quantitative estimate of drug-likeness (QED) is 0.669. The van der Waals surface area contributed by atoms with E-state index in [-0.39, 0.29) is 17.9 Å². The summed E-state index contributed by atoms with van der Waals surface area (Å²) in [6.07, 6.45) is 1.67. The van der Waals surface area contributed by atoms with Gasteiger partial charge in [-0.3, -0.25) is 9.69 Å². The van der Waals surface area contributed by atoms with E-state index in [1.54, 1.807) is 0 Å². The van der Waals surface area contributed by atoms with Crippen molar-refractivity contribution >= 4 is 5.91 Å². The van der Waals surface area contributed by atoms with E-state index in [1.807, 2.05) is 61.5 Å². The molecule has 1 aliphatic heterocycles. The molecule has 4 rings (SSSR count). The second kappa shape index (κ2) is 9.22. The van der Waals surface area contributed by atoms with Crippen molar-refractivity contribution in [2.45, 2.75) is 39.3 Å². The Kier molecular flexibility index (Phi) is 6.23. The fourth-order valence-electron chi connectivity index (χ4n) is 3.93. The molecule has 0 radical (unpaired) electrons. The Morgan fingerprint density at radius 2 is 1.90 bits per heavy atom. The van der Waals surface area contributed by atoms with Crippen LogP contribution in [0.15, 0.2) is 59.0 Å². The van der Waals surface area contributed by atoms with Gasteiger partial charge < -0.3 is 9.73 Å². The van der Waals surface area contributed by atoms with E-state index in [9.17, 15) is 4.79 Å². The molecule has 0 unspecified atom stereocenters. The molecular formula is C24H28N4O2. The van der Waals surface area contributed by atoms with Crippen LogP contribution < -0.4 is 5.32 Å². The number of carbonyl (C=O) groups is 1. The molecule has 30 heavy (non-hydrogen) atoms. The van der Waals surface area contributed by atoms with Gasteiger partial charge in [-0.15, -0.1) is 10.2 Å². The van der Waals surface area contributed by atoms with Crippen molar-refractivity contribution < 1.29 is 9.21 Å². The number of aryl methyl sites for hydroxylation is 1. The molecule has 0 spiro atoms. The van der Waals surface area contributed by atoms with Gasteiger partial charge in [0.2, 0.25) is 17.7 Å². The number of amides is 1. The van der Waals surface area contributed by atoms with Gasteiger partial charge in [-0.05, 0) is 57.5 Å². The number of hydrogen-bond donors (Lipinski definition) is 1. The molecule has 6 nitrogen and oxygen atoms in total. The van der Waals surface area contributed by atoms with Gasteiger partial charge in [-0.25, -0.2) is 0 Å². The van der Waals surface area contributed by atoms with Crippen molar-refractivity contribution in [3.8, 4) is 11.5 Å². The normalized spacial score (nSPS) is 16.3. The molecule has 1 fully saturated rings. The summed E-state index contributed by atoms with van der Waals surface area (Å²) >= 11 is 0. The predicted molar refractivity (Wildman–Crippen MR) is 115 cm³/mol. The van der Waals surface area contributed by atoms with Crippen molar-refractivity contribution in [1.82, 2.24) is 20.4 Å². The maximum atomic E-state index is 12.5. The summed E-state index contributed by atoms with van der Waals surface area (Å²) in [5.41, 5.74) is 3.22. The van der Waals surface area contributed by atoms with Crippen molar-refractivity contribution in [1.29, 1.82) is 0 Å². The Morgan fingerprint density at radius 1 is 1.13 bits per heavy atom. The molecule has 0 bridgehead atoms. The average Bonchev–Trinajstić information content (AvgIpc) is 3.28. The summed E-state index contributed by atoms with van der Waals surface area (Å²) in [6, 6.07) is 18.1. The van der Waals surface area contributed by atoms with E-state index in [4.69, 9.17) is 4.42 Å². The zero-order valence-electron chi connectivity index (χ0n) is 17.5. The van der Waals surface area contributed by atoms with Crippen LogP contribution in [0.1, 0.15) is 42.8 Å². The van der Waals surface area contributed by atoms with Crippen LogP contribution in [0.25, 0.3) is 11.5 Å². The molecule has 2 heterocycles. The molecule has 0 saturated carbocycles. The highest BCUT2D eigenvalue weighted by atomic mass is 16.4. The first kappa shape index (κ1) is 20.3. The summed E-state index contributed by atoms with van der Waals surface area (Å²) in [7, 11) is 0. The summed E-state index contributed by atoms with van der Waals surface area (Å²) in [5, 5.41) is 11.6. The van der Waals surface area contributed by atoms with E-state index in [0.29, 0.717) is 18.3 Å². The van der Waals surface area contributed by atoms with Gasteiger partial charge in [-0.2, -0.15) is 0 Å². The second-order valence-electron chi connectivity index (χ2n) is 8.00. The van der Waals surface area contributed by atoms with Gasteiger partial charge in [0.05, 0.1) is 6.04 Å². The number of likely N-dealkylation sites (tertiary alicyclic amines) is 1. The summed E-state index contributed by atoms with van der Waals surface area (Å²) in [4.78, 5) is 14.8. The number of benzene rings is 2. The standard InChI is InChI=1S/C24H28N4O2/c1-17-7-6-10-21(15-17)24-27-26-23(30-24)18(2)28-13-11-20(12-14-28)22(29)25-16-19-8-4-3-5-9-19/h3-10,15,18,20H,11-14,16H2,1-2H3,(H,25,29)/t18-/m0/s1. The lowest BCUT2D eigenvalue weighted by atomic mass is 9.95. The molecule has 1 aliphatic rings. The van der Waals surface area contributed by atoms with Gasteiger partial charge in [-0.1, -0.05) is 48.0 Å². The molecule has 156 valence electrons. The van der Waals surface area contributed by atoms with E-state index in [1.165, 1.54) is 0 Å². The molecule has 1 saturated heterocycles. The smallest absolute Gasteiger partial charge is 0.247 e. The highest BCUT2D eigenvalue weighted by Gasteiger charge is 2.29. The molecule has 6 heteroatoms. The van der Waals surface area contributed by atoms with Crippen molar-refractivity contribution in [3.05, 3.63) is 71.6 Å². The van der Waals surface area contributed by atoms with Crippen LogP contribution in [0.2, 0.25) is 0 Å². The molecule has 1 aromatic heterocycles. The Morgan fingerprint density at radius 3 is 2.63 bits per heavy atom. The first-order valence-corrected chi connectivity index (χ1v) is 10.6. The van der Waals surface area contributed by atoms with Crippen LogP contribution in [0.4, 0.5) is 0 Å². The highest BCUT2D eigenvalue weighted by Crippen LogP contribution is 2.28. The monoisotopic (exact) mass is 404 g/mol. The van der Waals surface area contributed by atoms with Gasteiger partial charge in [0.1, 0.15) is 0 Å². The van der Waals surface area contributed by atoms with E-state index in [2.05, 4.69) is 27.3 Å². The van der Waals surface area contributed by atoms with Gasteiger partial charge in [0, 0.05) is 18.0 Å². The highest BCUT2D eigenvalue weighted by molar-refractivity contribution is 5.78. The Balaban J connectivity index is 1.30. The number of aromatic nitrogens is 2. The van der Waals surface area contributed by atoms with Crippen LogP contribution in [0.5, 0.6) is 0 Å². The van der Waals surface area contributed by atoms with Gasteiger partial charge in [0.15, 0.2) is 0 Å². The molecule has 3 aromatic rings. The van der Waals surface area contributed by atoms with Crippen LogP contribution in [0.3, 0.4) is 0 Å². The fourth-order valence-corrected chi connectivity index (χ4v) is 3.93. The summed E-state index contributed by atoms with van der Waals surface area (Å²) in [5.74, 6) is 1.38. The lowest BCUT2D eigenvalue weighted by Gasteiger charge is -2.34. The van der Waals surface area contributed by atoms with Crippen LogP contribution in [-0.4, -0.2) is 34.1 Å². The lowest BCUT2D eigenvalue weighted by Crippen LogP contribution is -2.41. The maximum absolute atomic E-state index is 12.5. The van der Waals surface area contributed by atoms with Crippen molar-refractivity contribution in [2.24, 2.45) is 5.92 Å². The zero-order chi connectivity index (χ0) is 20.9. The number of nitrogens with zero attached hydrogens (tertiary/aromatic N) is 3. The molecule has 1 N–H and O–H groups in total. The molecule has 2 aromatic carbocycles. The number of piperidine rings is 1. The minimum atomic E-state index is 0.0318. The molecule has 1 atom stereocenters. The first-order valence-electron chi connectivity index (χ1n) is 10.6. The minimum absolute atomic E-state index is 0.0318. The third-order valence-corrected chi connectivity index (χ3v) is 5.82. The SMILES string of the molecule is Cc1cccc(-c2nnc([C@H](C)N3CCC(C(=O)NCc4ccccc4)CC3)o2)c1. The topological polar surface area (TPSA) is 71.3 Å². The largest absolute Gasteiger partial charge is 0.419 e. The third kappa shape index (κ3) is 4.76. The number of carbonyl (C=O) groups excluding carboxylic acids is 1. The zero-order valence-corrected chi connectivity index (χ0v) is 17.5. The molecular weight excluding hydrogens is 376 g/mol. The van der Waals surface area contributed by atoms with Crippen LogP contribution in [-0.2, 0) is 11.3 Å². The fraction of sp³-hybridized carbons (Fsp3) is 0.375. The Labute approximate surface area is 177 Å². The van der Waals surface area contributed by atoms with Crippen LogP contribution >= 0.6 is 0 Å². The summed E-state index contributed by atoms with van der Waals surface area (Å²) in [6.45, 7) is 6.40. The van der Waals surface area contributed by atoms with Crippen molar-refractivity contribution in [3.63, 3.8) is 0 Å². The maximum Gasteiger partial charge on any atom is 0.247 e. The number of hydrogen-bond acceptors (Lipinski definition) is 5. The van der Waals surface area contributed by atoms with Gasteiger partial charge >= 0.3 is 0 Å². The first-order chi connectivity index (χ1) is 14.6. The summed E-state index contributed by atoms with van der Waals surface area (Å²) < 4.78 is 5.96. The minimum Gasteiger partial charge on any atom is -0.419 e. The third-order valence-electron chi connectivity index (χ3n) is 5.82. The lowest BCUT2D eigenvalue weighted by molar-refractivity contribution is -0.126.